The molecule has 0 aliphatic carbocycles. The number of anilines is 2. The molecular formula is C22H30N6O5S. The van der Waals surface area contributed by atoms with Gasteiger partial charge in [-0.15, -0.1) is 0 Å². The average molecular weight is 491 g/mol. The number of methoxy groups -OCH3 is 1. The molecule has 184 valence electrons. The third kappa shape index (κ3) is 7.30. The van der Waals surface area contributed by atoms with Crippen molar-refractivity contribution in [1.82, 2.24) is 24.2 Å². The molecular weight excluding hydrogens is 460 g/mol. The van der Waals surface area contributed by atoms with Crippen LogP contribution in [0.3, 0.4) is 0 Å². The number of aromatic nitrogens is 4. The Bertz CT molecular complexity index is 1150. The van der Waals surface area contributed by atoms with Gasteiger partial charge in [-0.2, -0.15) is 0 Å². The highest BCUT2D eigenvalue weighted by molar-refractivity contribution is 7.89. The van der Waals surface area contributed by atoms with Gasteiger partial charge in [0.15, 0.2) is 0 Å². The molecule has 0 bridgehead atoms. The largest absolute Gasteiger partial charge is 0.382 e. The first-order valence-electron chi connectivity index (χ1n) is 10.7. The van der Waals surface area contributed by atoms with Gasteiger partial charge in [0, 0.05) is 32.6 Å². The number of sulfonamides is 1. The van der Waals surface area contributed by atoms with Crippen LogP contribution < -0.4 is 10.0 Å². The van der Waals surface area contributed by atoms with E-state index in [0.717, 1.165) is 17.2 Å². The quantitative estimate of drug-likeness (QED) is 0.325. The highest BCUT2D eigenvalue weighted by Crippen LogP contribution is 2.21. The van der Waals surface area contributed by atoms with Crippen molar-refractivity contribution in [2.24, 2.45) is 7.05 Å². The van der Waals surface area contributed by atoms with Crippen LogP contribution in [0.5, 0.6) is 0 Å². The first kappa shape index (κ1) is 25.7. The molecule has 0 aliphatic heterocycles. The summed E-state index contributed by atoms with van der Waals surface area (Å²) < 4.78 is 44.9. The van der Waals surface area contributed by atoms with Crippen molar-refractivity contribution in [3.63, 3.8) is 0 Å². The minimum absolute atomic E-state index is 0.154. The van der Waals surface area contributed by atoms with Crippen LogP contribution in [0.4, 0.5) is 11.6 Å². The molecule has 3 rings (SSSR count). The minimum Gasteiger partial charge on any atom is -0.382 e. The van der Waals surface area contributed by atoms with Crippen LogP contribution in [-0.2, 0) is 31.3 Å². The first-order valence-corrected chi connectivity index (χ1v) is 12.2. The molecule has 34 heavy (non-hydrogen) atoms. The lowest BCUT2D eigenvalue weighted by Gasteiger charge is -2.10. The van der Waals surface area contributed by atoms with Crippen molar-refractivity contribution < 1.29 is 22.6 Å². The summed E-state index contributed by atoms with van der Waals surface area (Å²) in [5.41, 5.74) is 2.26. The molecule has 0 radical (unpaired) electrons. The third-order valence-corrected chi connectivity index (χ3v) is 6.38. The van der Waals surface area contributed by atoms with Crippen molar-refractivity contribution in [3.05, 3.63) is 48.5 Å². The summed E-state index contributed by atoms with van der Waals surface area (Å²) in [4.78, 5) is 13.2. The minimum atomic E-state index is -3.65. The monoisotopic (exact) mass is 490 g/mol. The maximum atomic E-state index is 12.5. The number of rotatable bonds is 14. The Morgan fingerprint density at radius 3 is 2.35 bits per heavy atom. The number of hydrogen-bond donors (Lipinski definition) is 2. The van der Waals surface area contributed by atoms with E-state index in [-0.39, 0.29) is 18.0 Å². The molecule has 2 N–H and O–H groups in total. The normalized spacial score (nSPS) is 11.6. The van der Waals surface area contributed by atoms with Gasteiger partial charge in [-0.25, -0.2) is 28.1 Å². The van der Waals surface area contributed by atoms with Crippen molar-refractivity contribution in [2.75, 3.05) is 52.0 Å². The second-order valence-electron chi connectivity index (χ2n) is 7.28. The maximum absolute atomic E-state index is 12.5. The van der Waals surface area contributed by atoms with Gasteiger partial charge in [-0.1, -0.05) is 0 Å². The van der Waals surface area contributed by atoms with Crippen molar-refractivity contribution in [3.8, 4) is 11.4 Å². The fourth-order valence-corrected chi connectivity index (χ4v) is 3.96. The van der Waals surface area contributed by atoms with Crippen LogP contribution in [0.2, 0.25) is 0 Å². The molecule has 0 spiro atoms. The summed E-state index contributed by atoms with van der Waals surface area (Å²) >= 11 is 0. The van der Waals surface area contributed by atoms with E-state index in [1.54, 1.807) is 37.7 Å². The summed E-state index contributed by atoms with van der Waals surface area (Å²) in [5.74, 6) is 1.28. The van der Waals surface area contributed by atoms with Crippen molar-refractivity contribution in [1.29, 1.82) is 0 Å². The summed E-state index contributed by atoms with van der Waals surface area (Å²) in [7, 11) is -0.119. The zero-order valence-corrected chi connectivity index (χ0v) is 20.3. The molecule has 0 atom stereocenters. The number of benzene rings is 1. The maximum Gasteiger partial charge on any atom is 0.240 e. The van der Waals surface area contributed by atoms with E-state index in [0.29, 0.717) is 38.1 Å². The van der Waals surface area contributed by atoms with Gasteiger partial charge in [0.25, 0.3) is 0 Å². The SMILES string of the molecule is COCCOCCOCCNS(=O)(=O)c1ccc(Nc2nccc(-c3cnc(C)n3C)n2)cc1. The molecule has 0 fully saturated rings. The van der Waals surface area contributed by atoms with Crippen LogP contribution in [0.25, 0.3) is 11.4 Å². The van der Waals surface area contributed by atoms with E-state index in [1.807, 2.05) is 18.5 Å². The van der Waals surface area contributed by atoms with Crippen molar-refractivity contribution >= 4 is 21.7 Å². The number of ether oxygens (including phenoxy) is 3. The number of imidazole rings is 1. The topological polar surface area (TPSA) is 129 Å². The van der Waals surface area contributed by atoms with Crippen LogP contribution in [0, 0.1) is 6.92 Å². The van der Waals surface area contributed by atoms with E-state index in [9.17, 15) is 8.42 Å². The lowest BCUT2D eigenvalue weighted by molar-refractivity contribution is 0.0262. The number of hydrogen-bond acceptors (Lipinski definition) is 9. The van der Waals surface area contributed by atoms with Crippen LogP contribution >= 0.6 is 0 Å². The molecule has 0 saturated heterocycles. The van der Waals surface area contributed by atoms with Crippen LogP contribution in [0.1, 0.15) is 5.82 Å². The second kappa shape index (κ2) is 12.5. The second-order valence-corrected chi connectivity index (χ2v) is 9.05. The summed E-state index contributed by atoms with van der Waals surface area (Å²) in [6, 6.07) is 8.16. The Morgan fingerprint density at radius 1 is 0.971 bits per heavy atom. The lowest BCUT2D eigenvalue weighted by Crippen LogP contribution is -2.27. The summed E-state index contributed by atoms with van der Waals surface area (Å²) in [6.45, 7) is 4.17. The molecule has 11 nitrogen and oxygen atoms in total. The number of aryl methyl sites for hydroxylation is 1. The standard InChI is InChI=1S/C22H30N6O5S/c1-17-24-16-21(28(17)2)20-8-9-23-22(27-20)26-18-4-6-19(7-5-18)34(29,30)25-10-11-32-14-15-33-13-12-31-3/h4-9,16,25H,10-15H2,1-3H3,(H,23,26,27). The van der Waals surface area contributed by atoms with E-state index >= 15 is 0 Å². The van der Waals surface area contributed by atoms with E-state index < -0.39 is 10.0 Å². The molecule has 12 heteroatoms. The average Bonchev–Trinajstić information content (AvgIpc) is 3.16. The van der Waals surface area contributed by atoms with Gasteiger partial charge in [-0.05, 0) is 37.3 Å². The predicted molar refractivity (Wildman–Crippen MR) is 127 cm³/mol. The van der Waals surface area contributed by atoms with E-state index in [1.165, 1.54) is 12.1 Å². The van der Waals surface area contributed by atoms with Crippen molar-refractivity contribution in [2.45, 2.75) is 11.8 Å². The number of nitrogens with zero attached hydrogens (tertiary/aromatic N) is 4. The Labute approximate surface area is 199 Å². The Hall–Kier alpha value is -2.90. The molecule has 0 amide bonds. The van der Waals surface area contributed by atoms with Gasteiger partial charge in [0.2, 0.25) is 16.0 Å². The smallest absolute Gasteiger partial charge is 0.240 e. The summed E-state index contributed by atoms with van der Waals surface area (Å²) in [6.07, 6.45) is 3.42. The molecule has 0 saturated carbocycles. The molecule has 2 aromatic heterocycles. The lowest BCUT2D eigenvalue weighted by atomic mass is 10.3. The Balaban J connectivity index is 1.50. The zero-order chi connectivity index (χ0) is 24.4. The highest BCUT2D eigenvalue weighted by Gasteiger charge is 2.14. The summed E-state index contributed by atoms with van der Waals surface area (Å²) in [5, 5.41) is 3.10. The highest BCUT2D eigenvalue weighted by atomic mass is 32.2. The van der Waals surface area contributed by atoms with Gasteiger partial charge >= 0.3 is 0 Å². The van der Waals surface area contributed by atoms with Crippen LogP contribution in [0.15, 0.2) is 47.6 Å². The number of nitrogens with one attached hydrogen (secondary N) is 2. The third-order valence-electron chi connectivity index (χ3n) is 4.90. The van der Waals surface area contributed by atoms with Gasteiger partial charge in [-0.3, -0.25) is 0 Å². The van der Waals surface area contributed by atoms with Gasteiger partial charge in [0.05, 0.1) is 55.5 Å². The Morgan fingerprint density at radius 2 is 1.68 bits per heavy atom. The van der Waals surface area contributed by atoms with Gasteiger partial charge in [0.1, 0.15) is 5.82 Å². The molecule has 0 unspecified atom stereocenters. The van der Waals surface area contributed by atoms with Crippen LogP contribution in [-0.4, -0.2) is 74.6 Å². The fourth-order valence-electron chi connectivity index (χ4n) is 2.94. The van der Waals surface area contributed by atoms with Gasteiger partial charge < -0.3 is 24.1 Å². The van der Waals surface area contributed by atoms with E-state index in [4.69, 9.17) is 14.2 Å². The molecule has 0 aliphatic rings. The molecule has 1 aromatic carbocycles. The molecule has 3 aromatic rings. The predicted octanol–water partition coefficient (Wildman–Crippen LogP) is 1.89. The first-order chi connectivity index (χ1) is 16.4. The van der Waals surface area contributed by atoms with E-state index in [2.05, 4.69) is 25.0 Å². The zero-order valence-electron chi connectivity index (χ0n) is 19.5. The Kier molecular flexibility index (Phi) is 9.48. The molecule has 2 heterocycles. The fraction of sp³-hybridized carbons (Fsp3) is 0.409.